The van der Waals surface area contributed by atoms with Crippen LogP contribution in [0.3, 0.4) is 0 Å². The van der Waals surface area contributed by atoms with Crippen LogP contribution in [0.2, 0.25) is 0 Å². The van der Waals surface area contributed by atoms with Crippen molar-refractivity contribution in [1.29, 1.82) is 0 Å². The minimum atomic E-state index is -0.00997. The number of carbonyl (C=O) groups excluding carboxylic acids is 1. The normalized spacial score (nSPS) is 10.9. The molecular formula is C16H22N4O. The summed E-state index contributed by atoms with van der Waals surface area (Å²) in [5.41, 5.74) is 3.12. The van der Waals surface area contributed by atoms with E-state index in [1.54, 1.807) is 0 Å². The summed E-state index contributed by atoms with van der Waals surface area (Å²) in [4.78, 5) is 14.0. The van der Waals surface area contributed by atoms with Gasteiger partial charge in [-0.25, -0.2) is 0 Å². The fourth-order valence-electron chi connectivity index (χ4n) is 2.11. The first kappa shape index (κ1) is 15.3. The molecule has 1 aromatic carbocycles. The third-order valence-corrected chi connectivity index (χ3v) is 3.21. The van der Waals surface area contributed by atoms with Gasteiger partial charge in [0.25, 0.3) is 0 Å². The molecule has 0 aliphatic carbocycles. The summed E-state index contributed by atoms with van der Waals surface area (Å²) < 4.78 is 1.88. The number of anilines is 1. The number of amides is 1. The summed E-state index contributed by atoms with van der Waals surface area (Å²) in [6.45, 7) is 6.00. The van der Waals surface area contributed by atoms with Crippen LogP contribution in [0.1, 0.15) is 18.1 Å². The Kier molecular flexibility index (Phi) is 5.11. The maximum Gasteiger partial charge on any atom is 0.238 e. The maximum atomic E-state index is 12.0. The number of hydrogen-bond donors (Lipinski definition) is 1. The zero-order valence-electron chi connectivity index (χ0n) is 12.8. The van der Waals surface area contributed by atoms with E-state index in [0.717, 1.165) is 17.8 Å². The molecule has 0 fully saturated rings. The lowest BCUT2D eigenvalue weighted by atomic mass is 10.2. The van der Waals surface area contributed by atoms with Gasteiger partial charge in [0, 0.05) is 30.5 Å². The van der Waals surface area contributed by atoms with E-state index >= 15 is 0 Å². The summed E-state index contributed by atoms with van der Waals surface area (Å²) in [5, 5.41) is 7.13. The van der Waals surface area contributed by atoms with Crippen LogP contribution >= 0.6 is 0 Å². The molecule has 1 heterocycles. The van der Waals surface area contributed by atoms with Crippen LogP contribution in [0.5, 0.6) is 0 Å². The van der Waals surface area contributed by atoms with Crippen LogP contribution in [0.4, 0.5) is 5.69 Å². The van der Waals surface area contributed by atoms with E-state index in [1.807, 2.05) is 60.2 Å². The van der Waals surface area contributed by atoms with E-state index in [9.17, 15) is 4.79 Å². The number of aromatic nitrogens is 2. The van der Waals surface area contributed by atoms with E-state index < -0.39 is 0 Å². The first-order valence-corrected chi connectivity index (χ1v) is 7.13. The SMILES string of the molecule is CCn1cc(CN(C)CC(=O)Nc2ccc(C)cc2)cn1. The van der Waals surface area contributed by atoms with Gasteiger partial charge in [-0.15, -0.1) is 0 Å². The highest BCUT2D eigenvalue weighted by molar-refractivity contribution is 5.92. The third-order valence-electron chi connectivity index (χ3n) is 3.21. The molecule has 5 heteroatoms. The number of hydrogen-bond acceptors (Lipinski definition) is 3. The Morgan fingerprint density at radius 2 is 2.05 bits per heavy atom. The third kappa shape index (κ3) is 4.72. The second kappa shape index (κ2) is 7.04. The van der Waals surface area contributed by atoms with Crippen molar-refractivity contribution in [3.05, 3.63) is 47.8 Å². The molecule has 1 N–H and O–H groups in total. The fraction of sp³-hybridized carbons (Fsp3) is 0.375. The van der Waals surface area contributed by atoms with Gasteiger partial charge in [0.15, 0.2) is 0 Å². The molecule has 1 amide bonds. The molecule has 2 rings (SSSR count). The molecule has 5 nitrogen and oxygen atoms in total. The van der Waals surface area contributed by atoms with Gasteiger partial charge in [0.05, 0.1) is 12.7 Å². The zero-order valence-corrected chi connectivity index (χ0v) is 12.8. The minimum Gasteiger partial charge on any atom is -0.325 e. The van der Waals surface area contributed by atoms with Crippen LogP contribution in [-0.4, -0.2) is 34.2 Å². The number of nitrogens with one attached hydrogen (secondary N) is 1. The van der Waals surface area contributed by atoms with Crippen molar-refractivity contribution in [2.75, 3.05) is 18.9 Å². The molecule has 21 heavy (non-hydrogen) atoms. The largest absolute Gasteiger partial charge is 0.325 e. The van der Waals surface area contributed by atoms with Crippen LogP contribution in [0.25, 0.3) is 0 Å². The summed E-state index contributed by atoms with van der Waals surface area (Å²) in [6, 6.07) is 7.80. The smallest absolute Gasteiger partial charge is 0.238 e. The first-order chi connectivity index (χ1) is 10.1. The van der Waals surface area contributed by atoms with Gasteiger partial charge in [-0.05, 0) is 33.0 Å². The number of aryl methyl sites for hydroxylation is 2. The number of carbonyl (C=O) groups is 1. The lowest BCUT2D eigenvalue weighted by Crippen LogP contribution is -2.29. The monoisotopic (exact) mass is 286 g/mol. The zero-order chi connectivity index (χ0) is 15.2. The van der Waals surface area contributed by atoms with Crippen molar-refractivity contribution in [2.24, 2.45) is 0 Å². The topological polar surface area (TPSA) is 50.2 Å². The Bertz CT molecular complexity index is 589. The highest BCUT2D eigenvalue weighted by atomic mass is 16.2. The van der Waals surface area contributed by atoms with Crippen molar-refractivity contribution in [3.8, 4) is 0 Å². The van der Waals surface area contributed by atoms with Crippen molar-refractivity contribution in [2.45, 2.75) is 26.9 Å². The molecule has 0 unspecified atom stereocenters. The molecule has 0 radical (unpaired) electrons. The summed E-state index contributed by atoms with van der Waals surface area (Å²) in [5.74, 6) is -0.00997. The number of rotatable bonds is 6. The van der Waals surface area contributed by atoms with Crippen molar-refractivity contribution in [3.63, 3.8) is 0 Å². The second-order valence-corrected chi connectivity index (χ2v) is 5.29. The molecule has 0 saturated carbocycles. The fourth-order valence-corrected chi connectivity index (χ4v) is 2.11. The summed E-state index contributed by atoms with van der Waals surface area (Å²) >= 11 is 0. The molecular weight excluding hydrogens is 264 g/mol. The summed E-state index contributed by atoms with van der Waals surface area (Å²) in [7, 11) is 1.93. The average molecular weight is 286 g/mol. The molecule has 0 saturated heterocycles. The quantitative estimate of drug-likeness (QED) is 0.886. The van der Waals surface area contributed by atoms with E-state index in [-0.39, 0.29) is 5.91 Å². The molecule has 0 aliphatic heterocycles. The van der Waals surface area contributed by atoms with E-state index in [0.29, 0.717) is 13.1 Å². The predicted molar refractivity (Wildman–Crippen MR) is 84.0 cm³/mol. The van der Waals surface area contributed by atoms with Gasteiger partial charge < -0.3 is 5.32 Å². The van der Waals surface area contributed by atoms with Crippen molar-refractivity contribution < 1.29 is 4.79 Å². The van der Waals surface area contributed by atoms with Gasteiger partial charge in [-0.1, -0.05) is 17.7 Å². The first-order valence-electron chi connectivity index (χ1n) is 7.13. The number of nitrogens with zero attached hydrogens (tertiary/aromatic N) is 3. The van der Waals surface area contributed by atoms with Crippen LogP contribution in [0, 0.1) is 6.92 Å². The summed E-state index contributed by atoms with van der Waals surface area (Å²) in [6.07, 6.45) is 3.85. The van der Waals surface area contributed by atoms with E-state index in [4.69, 9.17) is 0 Å². The lowest BCUT2D eigenvalue weighted by Gasteiger charge is -2.15. The molecule has 0 atom stereocenters. The van der Waals surface area contributed by atoms with Crippen LogP contribution in [-0.2, 0) is 17.9 Å². The second-order valence-electron chi connectivity index (χ2n) is 5.29. The van der Waals surface area contributed by atoms with E-state index in [2.05, 4.69) is 17.3 Å². The van der Waals surface area contributed by atoms with Gasteiger partial charge in [0.1, 0.15) is 0 Å². The Morgan fingerprint density at radius 3 is 2.67 bits per heavy atom. The van der Waals surface area contributed by atoms with Gasteiger partial charge >= 0.3 is 0 Å². The Hall–Kier alpha value is -2.14. The molecule has 0 aliphatic rings. The van der Waals surface area contributed by atoms with Crippen molar-refractivity contribution >= 4 is 11.6 Å². The molecule has 1 aromatic heterocycles. The average Bonchev–Trinajstić information content (AvgIpc) is 2.88. The van der Waals surface area contributed by atoms with Crippen molar-refractivity contribution in [1.82, 2.24) is 14.7 Å². The molecule has 0 spiro atoms. The van der Waals surface area contributed by atoms with E-state index in [1.165, 1.54) is 5.56 Å². The lowest BCUT2D eigenvalue weighted by molar-refractivity contribution is -0.117. The Morgan fingerprint density at radius 1 is 1.33 bits per heavy atom. The van der Waals surface area contributed by atoms with Gasteiger partial charge in [0.2, 0.25) is 5.91 Å². The molecule has 0 bridgehead atoms. The highest BCUT2D eigenvalue weighted by Crippen LogP contribution is 2.09. The minimum absolute atomic E-state index is 0.00997. The highest BCUT2D eigenvalue weighted by Gasteiger charge is 2.08. The molecule has 112 valence electrons. The maximum absolute atomic E-state index is 12.0. The number of likely N-dealkylation sites (N-methyl/N-ethyl adjacent to an activating group) is 1. The van der Waals surface area contributed by atoms with Crippen LogP contribution in [0.15, 0.2) is 36.7 Å². The molecule has 2 aromatic rings. The Balaban J connectivity index is 1.82. The number of benzene rings is 1. The van der Waals surface area contributed by atoms with Gasteiger partial charge in [-0.2, -0.15) is 5.10 Å². The predicted octanol–water partition coefficient (Wildman–Crippen LogP) is 2.28. The Labute approximate surface area is 125 Å². The standard InChI is InChI=1S/C16H22N4O/c1-4-20-11-14(9-17-20)10-19(3)12-16(21)18-15-7-5-13(2)6-8-15/h5-9,11H,4,10,12H2,1-3H3,(H,18,21). The van der Waals surface area contributed by atoms with Gasteiger partial charge in [-0.3, -0.25) is 14.4 Å². The van der Waals surface area contributed by atoms with Crippen LogP contribution < -0.4 is 5.32 Å².